The predicted octanol–water partition coefficient (Wildman–Crippen LogP) is 2.01. The highest BCUT2D eigenvalue weighted by Gasteiger charge is 2.37. The fourth-order valence-corrected chi connectivity index (χ4v) is 3.92. The van der Waals surface area contributed by atoms with Crippen LogP contribution >= 0.6 is 0 Å². The largest absolute Gasteiger partial charge is 0.453 e. The van der Waals surface area contributed by atoms with Crippen LogP contribution in [0.1, 0.15) is 12.8 Å². The summed E-state index contributed by atoms with van der Waals surface area (Å²) >= 11 is 0. The monoisotopic (exact) mass is 397 g/mol. The molecule has 1 aromatic rings. The topological polar surface area (TPSA) is 80.3 Å². The third-order valence-corrected chi connectivity index (χ3v) is 5.21. The number of nitrogens with zero attached hydrogens (tertiary/aromatic N) is 2. The standard InChI is InChI=1S/C18H21F2N3O5/c1-26-17(24)21-6-13-9-23(18(25)28-13)10-4-14(19)16(15(20)5-10)22-7-11-2-3-12(8-22)27-11/h4-5,11-13H,2-3,6-9H2,1H3,(H,21,24)/t11?,12?,13-/m0/s1. The number of nitrogens with one attached hydrogen (secondary N) is 1. The Balaban J connectivity index is 1.48. The molecule has 2 amide bonds. The number of carbonyl (C=O) groups is 2. The molecule has 28 heavy (non-hydrogen) atoms. The van der Waals surface area contributed by atoms with Crippen LogP contribution in [0.15, 0.2) is 12.1 Å². The van der Waals surface area contributed by atoms with Gasteiger partial charge in [-0.2, -0.15) is 0 Å². The number of hydrogen-bond donors (Lipinski definition) is 1. The highest BCUT2D eigenvalue weighted by atomic mass is 19.1. The van der Waals surface area contributed by atoms with E-state index in [1.54, 1.807) is 4.90 Å². The normalized spacial score (nSPS) is 26.4. The zero-order valence-corrected chi connectivity index (χ0v) is 15.3. The number of rotatable bonds is 4. The number of anilines is 2. The number of fused-ring (bicyclic) bond motifs is 2. The van der Waals surface area contributed by atoms with E-state index in [0.717, 1.165) is 29.9 Å². The summed E-state index contributed by atoms with van der Waals surface area (Å²) in [5.41, 5.74) is -0.0269. The van der Waals surface area contributed by atoms with Crippen molar-refractivity contribution in [3.8, 4) is 0 Å². The molecule has 3 saturated heterocycles. The Hall–Kier alpha value is -2.62. The highest BCUT2D eigenvalue weighted by Crippen LogP contribution is 2.35. The summed E-state index contributed by atoms with van der Waals surface area (Å²) < 4.78 is 44.8. The van der Waals surface area contributed by atoms with E-state index in [-0.39, 0.29) is 36.7 Å². The lowest BCUT2D eigenvalue weighted by molar-refractivity contribution is 0.0300. The first-order valence-electron chi connectivity index (χ1n) is 9.14. The van der Waals surface area contributed by atoms with Gasteiger partial charge < -0.3 is 24.4 Å². The molecule has 8 nitrogen and oxygen atoms in total. The second-order valence-corrected chi connectivity index (χ2v) is 7.11. The quantitative estimate of drug-likeness (QED) is 0.837. The average Bonchev–Trinajstić information content (AvgIpc) is 3.20. The molecule has 0 aliphatic carbocycles. The summed E-state index contributed by atoms with van der Waals surface area (Å²) in [6, 6.07) is 2.26. The molecule has 3 atom stereocenters. The van der Waals surface area contributed by atoms with E-state index in [2.05, 4.69) is 10.1 Å². The lowest BCUT2D eigenvalue weighted by Gasteiger charge is -2.34. The van der Waals surface area contributed by atoms with Gasteiger partial charge in [0.15, 0.2) is 11.6 Å². The van der Waals surface area contributed by atoms with Crippen LogP contribution in [-0.4, -0.2) is 63.8 Å². The van der Waals surface area contributed by atoms with Crippen molar-refractivity contribution in [1.29, 1.82) is 0 Å². The predicted molar refractivity (Wildman–Crippen MR) is 94.5 cm³/mol. The molecule has 0 spiro atoms. The third kappa shape index (κ3) is 3.56. The van der Waals surface area contributed by atoms with Crippen molar-refractivity contribution in [3.05, 3.63) is 23.8 Å². The summed E-state index contributed by atoms with van der Waals surface area (Å²) in [5, 5.41) is 2.42. The van der Waals surface area contributed by atoms with Crippen molar-refractivity contribution >= 4 is 23.6 Å². The number of cyclic esters (lactones) is 1. The molecule has 3 heterocycles. The van der Waals surface area contributed by atoms with E-state index in [4.69, 9.17) is 9.47 Å². The second kappa shape index (κ2) is 7.42. The van der Waals surface area contributed by atoms with Gasteiger partial charge in [0, 0.05) is 25.2 Å². The molecule has 0 aromatic heterocycles. The first kappa shape index (κ1) is 18.7. The second-order valence-electron chi connectivity index (χ2n) is 7.11. The van der Waals surface area contributed by atoms with Crippen LogP contribution in [0.5, 0.6) is 0 Å². The number of halogens is 2. The molecule has 1 aromatic carbocycles. The summed E-state index contributed by atoms with van der Waals surface area (Å²) in [4.78, 5) is 26.0. The Morgan fingerprint density at radius 3 is 2.46 bits per heavy atom. The van der Waals surface area contributed by atoms with Crippen molar-refractivity contribution in [2.75, 3.05) is 43.1 Å². The van der Waals surface area contributed by atoms with Gasteiger partial charge in [-0.05, 0) is 12.8 Å². The number of methoxy groups -OCH3 is 1. The Labute approximate surface area is 160 Å². The van der Waals surface area contributed by atoms with Crippen LogP contribution in [0, 0.1) is 11.6 Å². The smallest absolute Gasteiger partial charge is 0.414 e. The van der Waals surface area contributed by atoms with Gasteiger partial charge in [0.1, 0.15) is 11.8 Å². The van der Waals surface area contributed by atoms with Crippen LogP contribution in [0.4, 0.5) is 29.7 Å². The van der Waals surface area contributed by atoms with Gasteiger partial charge in [-0.15, -0.1) is 0 Å². The van der Waals surface area contributed by atoms with Gasteiger partial charge >= 0.3 is 12.2 Å². The van der Waals surface area contributed by atoms with Gasteiger partial charge in [0.25, 0.3) is 0 Å². The fraction of sp³-hybridized carbons (Fsp3) is 0.556. The molecular formula is C18H21F2N3O5. The number of hydrogen-bond acceptors (Lipinski definition) is 6. The molecular weight excluding hydrogens is 376 g/mol. The molecule has 3 aliphatic heterocycles. The Bertz CT molecular complexity index is 757. The molecule has 3 aliphatic rings. The number of morpholine rings is 1. The minimum absolute atomic E-state index is 0.00569. The average molecular weight is 397 g/mol. The molecule has 152 valence electrons. The SMILES string of the molecule is COC(=O)NC[C@H]1CN(c2cc(F)c(N3CC4CCC(C3)O4)c(F)c2)C(=O)O1. The van der Waals surface area contributed by atoms with Crippen molar-refractivity contribution < 1.29 is 32.6 Å². The number of ether oxygens (including phenoxy) is 3. The summed E-state index contributed by atoms with van der Waals surface area (Å²) in [5.74, 6) is -1.47. The third-order valence-electron chi connectivity index (χ3n) is 5.21. The molecule has 10 heteroatoms. The first-order chi connectivity index (χ1) is 13.4. The number of alkyl carbamates (subject to hydrolysis) is 1. The zero-order chi connectivity index (χ0) is 19.8. The van der Waals surface area contributed by atoms with Gasteiger partial charge in [-0.3, -0.25) is 4.90 Å². The minimum Gasteiger partial charge on any atom is -0.453 e. The van der Waals surface area contributed by atoms with Gasteiger partial charge in [-0.1, -0.05) is 0 Å². The van der Waals surface area contributed by atoms with E-state index in [1.165, 1.54) is 7.11 Å². The number of amides is 2. The van der Waals surface area contributed by atoms with Gasteiger partial charge in [0.2, 0.25) is 0 Å². The summed E-state index contributed by atoms with van der Waals surface area (Å²) in [6.45, 7) is 0.977. The van der Waals surface area contributed by atoms with Crippen molar-refractivity contribution in [1.82, 2.24) is 5.32 Å². The van der Waals surface area contributed by atoms with Crippen LogP contribution in [0.3, 0.4) is 0 Å². The minimum atomic E-state index is -0.736. The zero-order valence-electron chi connectivity index (χ0n) is 15.3. The lowest BCUT2D eigenvalue weighted by Crippen LogP contribution is -2.43. The van der Waals surface area contributed by atoms with Crippen molar-refractivity contribution in [3.63, 3.8) is 0 Å². The molecule has 2 bridgehead atoms. The van der Waals surface area contributed by atoms with Crippen LogP contribution in [-0.2, 0) is 14.2 Å². The van der Waals surface area contributed by atoms with Crippen molar-refractivity contribution in [2.24, 2.45) is 0 Å². The van der Waals surface area contributed by atoms with E-state index in [9.17, 15) is 18.4 Å². The molecule has 2 unspecified atom stereocenters. The van der Waals surface area contributed by atoms with E-state index < -0.39 is 29.9 Å². The number of benzene rings is 1. The van der Waals surface area contributed by atoms with Crippen LogP contribution < -0.4 is 15.1 Å². The Morgan fingerprint density at radius 2 is 1.86 bits per heavy atom. The van der Waals surface area contributed by atoms with Gasteiger partial charge in [0.05, 0.1) is 38.1 Å². The first-order valence-corrected chi connectivity index (χ1v) is 9.14. The van der Waals surface area contributed by atoms with Gasteiger partial charge in [-0.25, -0.2) is 18.4 Å². The molecule has 4 rings (SSSR count). The molecule has 0 radical (unpaired) electrons. The molecule has 1 N–H and O–H groups in total. The van der Waals surface area contributed by atoms with Crippen molar-refractivity contribution in [2.45, 2.75) is 31.2 Å². The molecule has 3 fully saturated rings. The highest BCUT2D eigenvalue weighted by molar-refractivity contribution is 5.90. The number of carbonyl (C=O) groups excluding carboxylic acids is 2. The summed E-state index contributed by atoms with van der Waals surface area (Å²) in [7, 11) is 1.22. The van der Waals surface area contributed by atoms with Crippen LogP contribution in [0.2, 0.25) is 0 Å². The summed E-state index contributed by atoms with van der Waals surface area (Å²) in [6.07, 6.45) is -0.260. The lowest BCUT2D eigenvalue weighted by atomic mass is 10.2. The maximum atomic E-state index is 14.8. The molecule has 0 saturated carbocycles. The fourth-order valence-electron chi connectivity index (χ4n) is 3.92. The maximum absolute atomic E-state index is 14.8. The van der Waals surface area contributed by atoms with E-state index >= 15 is 0 Å². The maximum Gasteiger partial charge on any atom is 0.414 e. The van der Waals surface area contributed by atoms with Crippen LogP contribution in [0.25, 0.3) is 0 Å². The Morgan fingerprint density at radius 1 is 1.21 bits per heavy atom. The van der Waals surface area contributed by atoms with E-state index in [1.807, 2.05) is 0 Å². The van der Waals surface area contributed by atoms with E-state index in [0.29, 0.717) is 13.1 Å². The Kier molecular flexibility index (Phi) is 4.96.